The molecule has 1 unspecified atom stereocenters. The van der Waals surface area contributed by atoms with Gasteiger partial charge < -0.3 is 5.73 Å². The van der Waals surface area contributed by atoms with Gasteiger partial charge in [0, 0.05) is 21.6 Å². The highest BCUT2D eigenvalue weighted by Gasteiger charge is 2.14. The van der Waals surface area contributed by atoms with Crippen LogP contribution in [0.2, 0.25) is 10.0 Å². The third-order valence-electron chi connectivity index (χ3n) is 2.01. The van der Waals surface area contributed by atoms with Crippen molar-refractivity contribution in [3.63, 3.8) is 0 Å². The summed E-state index contributed by atoms with van der Waals surface area (Å²) in [4.78, 5) is 4.16. The van der Waals surface area contributed by atoms with Crippen LogP contribution in [0.4, 0.5) is 0 Å². The molecule has 0 aliphatic carbocycles. The maximum absolute atomic E-state index is 6.05. The van der Waals surface area contributed by atoms with E-state index >= 15 is 0 Å². The summed E-state index contributed by atoms with van der Waals surface area (Å²) in [7, 11) is 0. The minimum atomic E-state index is -0.309. The lowest BCUT2D eigenvalue weighted by Gasteiger charge is -2.11. The Morgan fingerprint density at radius 2 is 2.13 bits per heavy atom. The molecule has 0 saturated heterocycles. The van der Waals surface area contributed by atoms with Crippen molar-refractivity contribution in [1.82, 2.24) is 4.98 Å². The third kappa shape index (κ3) is 2.32. The van der Waals surface area contributed by atoms with Gasteiger partial charge in [0.05, 0.1) is 6.04 Å². The first kappa shape index (κ1) is 10.9. The molecule has 2 nitrogen and oxygen atoms in total. The minimum absolute atomic E-state index is 0.309. The van der Waals surface area contributed by atoms with Crippen LogP contribution in [0.1, 0.15) is 16.6 Å². The Labute approximate surface area is 102 Å². The molecule has 0 radical (unpaired) electrons. The van der Waals surface area contributed by atoms with Crippen molar-refractivity contribution in [3.8, 4) is 0 Å². The predicted molar refractivity (Wildman–Crippen MR) is 64.6 cm³/mol. The van der Waals surface area contributed by atoms with E-state index in [4.69, 9.17) is 28.9 Å². The van der Waals surface area contributed by atoms with Gasteiger partial charge >= 0.3 is 0 Å². The summed E-state index contributed by atoms with van der Waals surface area (Å²) in [6.45, 7) is 0. The van der Waals surface area contributed by atoms with Crippen molar-refractivity contribution >= 4 is 34.5 Å². The van der Waals surface area contributed by atoms with Gasteiger partial charge in [-0.3, -0.25) is 0 Å². The van der Waals surface area contributed by atoms with Gasteiger partial charge in [0.25, 0.3) is 0 Å². The zero-order chi connectivity index (χ0) is 10.8. The summed E-state index contributed by atoms with van der Waals surface area (Å²) in [5.41, 5.74) is 6.84. The molecule has 2 rings (SSSR count). The number of thiazole rings is 1. The Kier molecular flexibility index (Phi) is 3.26. The van der Waals surface area contributed by atoms with Gasteiger partial charge in [-0.2, -0.15) is 0 Å². The molecular weight excluding hydrogens is 251 g/mol. The largest absolute Gasteiger partial charge is 0.318 e. The van der Waals surface area contributed by atoms with Crippen LogP contribution in [0.15, 0.2) is 29.8 Å². The molecular formula is C10H8Cl2N2S. The molecule has 2 N–H and O–H groups in total. The van der Waals surface area contributed by atoms with Crippen molar-refractivity contribution in [2.45, 2.75) is 6.04 Å². The van der Waals surface area contributed by atoms with Crippen molar-refractivity contribution in [2.75, 3.05) is 0 Å². The summed E-state index contributed by atoms with van der Waals surface area (Å²) < 4.78 is 0. The van der Waals surface area contributed by atoms with E-state index in [0.29, 0.717) is 10.0 Å². The van der Waals surface area contributed by atoms with Crippen LogP contribution in [0, 0.1) is 0 Å². The van der Waals surface area contributed by atoms with Crippen LogP contribution in [0.5, 0.6) is 0 Å². The van der Waals surface area contributed by atoms with Gasteiger partial charge in [-0.05, 0) is 23.8 Å². The van der Waals surface area contributed by atoms with Crippen LogP contribution in [-0.4, -0.2) is 4.98 Å². The molecule has 1 aromatic heterocycles. The van der Waals surface area contributed by atoms with Gasteiger partial charge in [0.15, 0.2) is 0 Å². The van der Waals surface area contributed by atoms with Gasteiger partial charge in [0.2, 0.25) is 0 Å². The van der Waals surface area contributed by atoms with E-state index in [-0.39, 0.29) is 6.04 Å². The van der Waals surface area contributed by atoms with Gasteiger partial charge in [-0.15, -0.1) is 11.3 Å². The van der Waals surface area contributed by atoms with E-state index in [1.807, 2.05) is 5.38 Å². The van der Waals surface area contributed by atoms with Crippen molar-refractivity contribution in [2.24, 2.45) is 5.73 Å². The van der Waals surface area contributed by atoms with Crippen LogP contribution in [-0.2, 0) is 0 Å². The topological polar surface area (TPSA) is 38.9 Å². The zero-order valence-electron chi connectivity index (χ0n) is 7.65. The molecule has 0 saturated carbocycles. The van der Waals surface area contributed by atoms with E-state index < -0.39 is 0 Å². The second kappa shape index (κ2) is 4.49. The average molecular weight is 259 g/mol. The predicted octanol–water partition coefficient (Wildman–Crippen LogP) is 3.50. The number of aromatic nitrogens is 1. The first-order valence-corrected chi connectivity index (χ1v) is 5.92. The zero-order valence-corrected chi connectivity index (χ0v) is 9.98. The van der Waals surface area contributed by atoms with Gasteiger partial charge in [0.1, 0.15) is 5.01 Å². The summed E-state index contributed by atoms with van der Waals surface area (Å²) in [6.07, 6.45) is 1.72. The van der Waals surface area contributed by atoms with Gasteiger partial charge in [-0.1, -0.05) is 23.2 Å². The first-order valence-electron chi connectivity index (χ1n) is 4.28. The molecule has 1 heterocycles. The highest BCUT2D eigenvalue weighted by atomic mass is 35.5. The summed E-state index contributed by atoms with van der Waals surface area (Å²) in [6, 6.07) is 4.95. The molecule has 0 aliphatic rings. The van der Waals surface area contributed by atoms with Crippen molar-refractivity contribution in [1.29, 1.82) is 0 Å². The number of hydrogen-bond acceptors (Lipinski definition) is 3. The van der Waals surface area contributed by atoms with Crippen LogP contribution >= 0.6 is 34.5 Å². The molecule has 0 aliphatic heterocycles. The Morgan fingerprint density at radius 1 is 1.33 bits per heavy atom. The van der Waals surface area contributed by atoms with E-state index in [1.165, 1.54) is 11.3 Å². The fourth-order valence-electron chi connectivity index (χ4n) is 1.27. The quantitative estimate of drug-likeness (QED) is 0.896. The summed E-state index contributed by atoms with van der Waals surface area (Å²) in [5, 5.41) is 3.95. The number of halogens is 2. The first-order chi connectivity index (χ1) is 7.18. The monoisotopic (exact) mass is 258 g/mol. The van der Waals surface area contributed by atoms with E-state index in [1.54, 1.807) is 24.4 Å². The fourth-order valence-corrected chi connectivity index (χ4v) is 2.35. The van der Waals surface area contributed by atoms with Crippen molar-refractivity contribution in [3.05, 3.63) is 50.4 Å². The Bertz CT molecular complexity index is 456. The smallest absolute Gasteiger partial charge is 0.114 e. The van der Waals surface area contributed by atoms with Crippen LogP contribution < -0.4 is 5.73 Å². The molecule has 1 atom stereocenters. The number of nitrogens with zero attached hydrogens (tertiary/aromatic N) is 1. The SMILES string of the molecule is NC(c1nccs1)c1cc(Cl)ccc1Cl. The highest BCUT2D eigenvalue weighted by Crippen LogP contribution is 2.29. The number of hydrogen-bond donors (Lipinski definition) is 1. The molecule has 0 spiro atoms. The lowest BCUT2D eigenvalue weighted by Crippen LogP contribution is -2.11. The maximum Gasteiger partial charge on any atom is 0.114 e. The lowest BCUT2D eigenvalue weighted by molar-refractivity contribution is 0.858. The standard InChI is InChI=1S/C10H8Cl2N2S/c11-6-1-2-8(12)7(5-6)9(13)10-14-3-4-15-10/h1-5,9H,13H2. The molecule has 1 aromatic carbocycles. The normalized spacial score (nSPS) is 12.7. The van der Waals surface area contributed by atoms with Crippen LogP contribution in [0.25, 0.3) is 0 Å². The average Bonchev–Trinajstić information content (AvgIpc) is 2.74. The number of nitrogens with two attached hydrogens (primary N) is 1. The summed E-state index contributed by atoms with van der Waals surface area (Å²) in [5.74, 6) is 0. The van der Waals surface area contributed by atoms with Crippen LogP contribution in [0.3, 0.4) is 0 Å². The molecule has 15 heavy (non-hydrogen) atoms. The summed E-state index contributed by atoms with van der Waals surface area (Å²) >= 11 is 13.4. The molecule has 5 heteroatoms. The molecule has 2 aromatic rings. The third-order valence-corrected chi connectivity index (χ3v) is 3.45. The molecule has 0 fully saturated rings. The Hall–Kier alpha value is -0.610. The van der Waals surface area contributed by atoms with Crippen molar-refractivity contribution < 1.29 is 0 Å². The lowest BCUT2D eigenvalue weighted by atomic mass is 10.1. The maximum atomic E-state index is 6.05. The number of rotatable bonds is 2. The second-order valence-corrected chi connectivity index (χ2v) is 4.78. The van der Waals surface area contributed by atoms with E-state index in [0.717, 1.165) is 10.6 Å². The minimum Gasteiger partial charge on any atom is -0.318 e. The number of benzene rings is 1. The van der Waals surface area contributed by atoms with E-state index in [2.05, 4.69) is 4.98 Å². The molecule has 0 bridgehead atoms. The Balaban J connectivity index is 2.41. The molecule has 78 valence electrons. The second-order valence-electron chi connectivity index (χ2n) is 3.01. The Morgan fingerprint density at radius 3 is 2.80 bits per heavy atom. The van der Waals surface area contributed by atoms with E-state index in [9.17, 15) is 0 Å². The fraction of sp³-hybridized carbons (Fsp3) is 0.100. The molecule has 0 amide bonds. The highest BCUT2D eigenvalue weighted by molar-refractivity contribution is 7.09. The van der Waals surface area contributed by atoms with Gasteiger partial charge in [-0.25, -0.2) is 4.98 Å².